The minimum atomic E-state index is 0.0721. The molecule has 1 fully saturated rings. The Hall–Kier alpha value is -2.07. The van der Waals surface area contributed by atoms with Crippen molar-refractivity contribution in [1.29, 1.82) is 0 Å². The Morgan fingerprint density at radius 2 is 1.76 bits per heavy atom. The third kappa shape index (κ3) is 2.78. The minimum Gasteiger partial charge on any atom is -0.349 e. The zero-order valence-electron chi connectivity index (χ0n) is 15.2. The van der Waals surface area contributed by atoms with Crippen LogP contribution < -0.4 is 0 Å². The second-order valence-electron chi connectivity index (χ2n) is 7.63. The zero-order valence-corrected chi connectivity index (χ0v) is 15.2. The maximum atomic E-state index is 12.2. The van der Waals surface area contributed by atoms with Crippen molar-refractivity contribution in [2.75, 3.05) is 20.6 Å². The maximum Gasteiger partial charge on any atom is 0.253 e. The van der Waals surface area contributed by atoms with Crippen LogP contribution in [0.2, 0.25) is 0 Å². The Bertz CT molecular complexity index is 754. The highest BCUT2D eigenvalue weighted by molar-refractivity contribution is 5.93. The van der Waals surface area contributed by atoms with Crippen LogP contribution in [0.25, 0.3) is 0 Å². The topological polar surface area (TPSA) is 28.5 Å². The summed E-state index contributed by atoms with van der Waals surface area (Å²) in [5.74, 6) is 0.0721. The van der Waals surface area contributed by atoms with Crippen LogP contribution >= 0.6 is 0 Å². The van der Waals surface area contributed by atoms with Gasteiger partial charge in [0.25, 0.3) is 5.91 Å². The lowest BCUT2D eigenvalue weighted by molar-refractivity contribution is 0.0607. The number of nitrogens with zero attached hydrogens (tertiary/aromatic N) is 3. The van der Waals surface area contributed by atoms with Gasteiger partial charge in [-0.15, -0.1) is 0 Å². The number of hydrogen-bond donors (Lipinski definition) is 0. The molecule has 0 radical (unpaired) electrons. The van der Waals surface area contributed by atoms with E-state index in [2.05, 4.69) is 39.9 Å². The molecule has 25 heavy (non-hydrogen) atoms. The second kappa shape index (κ2) is 6.34. The molecule has 2 heterocycles. The molecule has 2 aliphatic rings. The van der Waals surface area contributed by atoms with Crippen LogP contribution in [0.4, 0.5) is 0 Å². The number of aromatic nitrogens is 1. The molecule has 1 aliphatic carbocycles. The van der Waals surface area contributed by atoms with Crippen LogP contribution in [0.5, 0.6) is 0 Å². The molecule has 0 spiro atoms. The Labute approximate surface area is 150 Å². The van der Waals surface area contributed by atoms with Gasteiger partial charge >= 0.3 is 0 Å². The number of carbonyl (C=O) groups excluding carboxylic acids is 1. The van der Waals surface area contributed by atoms with Gasteiger partial charge in [-0.1, -0.05) is 25.0 Å². The Morgan fingerprint density at radius 3 is 2.44 bits per heavy atom. The van der Waals surface area contributed by atoms with E-state index in [9.17, 15) is 4.79 Å². The summed E-state index contributed by atoms with van der Waals surface area (Å²) in [6.07, 6.45) is 7.20. The van der Waals surface area contributed by atoms with Gasteiger partial charge in [0.15, 0.2) is 0 Å². The van der Waals surface area contributed by atoms with E-state index in [0.29, 0.717) is 0 Å². The highest BCUT2D eigenvalue weighted by atomic mass is 16.2. The van der Waals surface area contributed by atoms with Crippen LogP contribution in [0.15, 0.2) is 42.6 Å². The average Bonchev–Trinajstić information content (AvgIpc) is 3.30. The molecule has 1 aliphatic heterocycles. The van der Waals surface area contributed by atoms with Gasteiger partial charge in [0.1, 0.15) is 0 Å². The molecule has 4 nitrogen and oxygen atoms in total. The quantitative estimate of drug-likeness (QED) is 0.858. The molecule has 0 saturated heterocycles. The van der Waals surface area contributed by atoms with Crippen molar-refractivity contribution in [3.05, 3.63) is 59.4 Å². The number of amides is 1. The lowest BCUT2D eigenvalue weighted by Crippen LogP contribution is -2.47. The SMILES string of the molecule is CN(C)C(=O)c1ccc(C2(N3CCn4cccc4C3)CCCC2)cc1. The van der Waals surface area contributed by atoms with Crippen LogP contribution in [0, 0.1) is 0 Å². The van der Waals surface area contributed by atoms with E-state index in [4.69, 9.17) is 0 Å². The molecule has 4 heteroatoms. The lowest BCUT2D eigenvalue weighted by atomic mass is 9.85. The van der Waals surface area contributed by atoms with Crippen molar-refractivity contribution in [2.45, 2.75) is 44.3 Å². The van der Waals surface area contributed by atoms with E-state index in [1.54, 1.807) is 19.0 Å². The summed E-state index contributed by atoms with van der Waals surface area (Å²) >= 11 is 0. The van der Waals surface area contributed by atoms with Gasteiger partial charge in [-0.3, -0.25) is 9.69 Å². The summed E-state index contributed by atoms with van der Waals surface area (Å²) in [4.78, 5) is 16.5. The highest BCUT2D eigenvalue weighted by Gasteiger charge is 2.42. The molecule has 2 aromatic rings. The van der Waals surface area contributed by atoms with Crippen molar-refractivity contribution in [3.63, 3.8) is 0 Å². The van der Waals surface area contributed by atoms with Crippen LogP contribution in [-0.4, -0.2) is 40.9 Å². The van der Waals surface area contributed by atoms with Crippen LogP contribution in [-0.2, 0) is 18.6 Å². The lowest BCUT2D eigenvalue weighted by Gasteiger charge is -2.44. The number of hydrogen-bond acceptors (Lipinski definition) is 2. The largest absolute Gasteiger partial charge is 0.349 e. The fraction of sp³-hybridized carbons (Fsp3) is 0.476. The summed E-state index contributed by atoms with van der Waals surface area (Å²) in [6.45, 7) is 3.19. The first-order chi connectivity index (χ1) is 12.1. The Morgan fingerprint density at radius 1 is 1.04 bits per heavy atom. The third-order valence-corrected chi connectivity index (χ3v) is 6.00. The van der Waals surface area contributed by atoms with Crippen molar-refractivity contribution in [1.82, 2.24) is 14.4 Å². The Kier molecular flexibility index (Phi) is 4.16. The van der Waals surface area contributed by atoms with Crippen molar-refractivity contribution < 1.29 is 4.79 Å². The van der Waals surface area contributed by atoms with Crippen molar-refractivity contribution >= 4 is 5.91 Å². The highest BCUT2D eigenvalue weighted by Crippen LogP contribution is 2.45. The summed E-state index contributed by atoms with van der Waals surface area (Å²) in [5.41, 5.74) is 3.70. The molecule has 1 amide bonds. The van der Waals surface area contributed by atoms with Crippen LogP contribution in [0.1, 0.15) is 47.3 Å². The van der Waals surface area contributed by atoms with Gasteiger partial charge in [-0.2, -0.15) is 0 Å². The first-order valence-corrected chi connectivity index (χ1v) is 9.31. The van der Waals surface area contributed by atoms with Gasteiger partial charge in [0, 0.05) is 56.7 Å². The maximum absolute atomic E-state index is 12.2. The van der Waals surface area contributed by atoms with Gasteiger partial charge in [0.05, 0.1) is 0 Å². The van der Waals surface area contributed by atoms with E-state index in [1.165, 1.54) is 36.9 Å². The van der Waals surface area contributed by atoms with Gasteiger partial charge in [-0.25, -0.2) is 0 Å². The fourth-order valence-electron chi connectivity index (χ4n) is 4.61. The molecule has 4 rings (SSSR count). The summed E-state index contributed by atoms with van der Waals surface area (Å²) in [6, 6.07) is 12.8. The molecule has 0 bridgehead atoms. The molecule has 0 atom stereocenters. The van der Waals surface area contributed by atoms with E-state index >= 15 is 0 Å². The van der Waals surface area contributed by atoms with E-state index in [-0.39, 0.29) is 11.4 Å². The molecule has 1 saturated carbocycles. The van der Waals surface area contributed by atoms with E-state index < -0.39 is 0 Å². The van der Waals surface area contributed by atoms with Gasteiger partial charge < -0.3 is 9.47 Å². The fourth-order valence-corrected chi connectivity index (χ4v) is 4.61. The number of carbonyl (C=O) groups is 1. The molecular weight excluding hydrogens is 310 g/mol. The third-order valence-electron chi connectivity index (χ3n) is 6.00. The van der Waals surface area contributed by atoms with Crippen LogP contribution in [0.3, 0.4) is 0 Å². The normalized spacial score (nSPS) is 19.6. The minimum absolute atomic E-state index is 0.0721. The average molecular weight is 337 g/mol. The predicted octanol–water partition coefficient (Wildman–Crippen LogP) is 3.48. The van der Waals surface area contributed by atoms with Gasteiger partial charge in [-0.05, 0) is 42.7 Å². The second-order valence-corrected chi connectivity index (χ2v) is 7.63. The Balaban J connectivity index is 1.64. The standard InChI is InChI=1S/C21H27N3O/c1-22(2)20(25)17-7-9-18(10-8-17)21(11-3-4-12-21)24-15-14-23-13-5-6-19(23)16-24/h5-10,13H,3-4,11-12,14-16H2,1-2H3. The zero-order chi connectivity index (χ0) is 17.4. The van der Waals surface area contributed by atoms with Crippen molar-refractivity contribution in [2.24, 2.45) is 0 Å². The first-order valence-electron chi connectivity index (χ1n) is 9.31. The van der Waals surface area contributed by atoms with Crippen molar-refractivity contribution in [3.8, 4) is 0 Å². The first kappa shape index (κ1) is 16.4. The summed E-state index contributed by atoms with van der Waals surface area (Å²) < 4.78 is 2.37. The number of fused-ring (bicyclic) bond motifs is 1. The number of benzene rings is 1. The summed E-state index contributed by atoms with van der Waals surface area (Å²) in [7, 11) is 3.61. The smallest absolute Gasteiger partial charge is 0.253 e. The molecule has 1 aromatic heterocycles. The monoisotopic (exact) mass is 337 g/mol. The molecule has 0 unspecified atom stereocenters. The number of rotatable bonds is 3. The van der Waals surface area contributed by atoms with Gasteiger partial charge in [0.2, 0.25) is 0 Å². The van der Waals surface area contributed by atoms with E-state index in [0.717, 1.165) is 25.2 Å². The van der Waals surface area contributed by atoms with E-state index in [1.807, 2.05) is 12.1 Å². The predicted molar refractivity (Wildman–Crippen MR) is 99.4 cm³/mol. The molecular formula is C21H27N3O. The molecule has 132 valence electrons. The molecule has 0 N–H and O–H groups in total. The molecule has 1 aromatic carbocycles. The summed E-state index contributed by atoms with van der Waals surface area (Å²) in [5, 5.41) is 0.